The summed E-state index contributed by atoms with van der Waals surface area (Å²) < 4.78 is 5.92. The Morgan fingerprint density at radius 2 is 1.81 bits per heavy atom. The third kappa shape index (κ3) is 2.52. The summed E-state index contributed by atoms with van der Waals surface area (Å²) >= 11 is 6.86. The first-order chi connectivity index (χ1) is 7.47. The summed E-state index contributed by atoms with van der Waals surface area (Å²) in [5.74, 6) is 1.18. The van der Waals surface area contributed by atoms with Gasteiger partial charge in [-0.05, 0) is 38.1 Å². The molecule has 5 heteroatoms. The van der Waals surface area contributed by atoms with Crippen molar-refractivity contribution in [3.63, 3.8) is 0 Å². The maximum Gasteiger partial charge on any atom is 0.243 e. The van der Waals surface area contributed by atoms with Crippen molar-refractivity contribution in [3.05, 3.63) is 34.6 Å². The lowest BCUT2D eigenvalue weighted by Gasteiger charge is -2.07. The van der Waals surface area contributed by atoms with Crippen molar-refractivity contribution in [1.29, 1.82) is 0 Å². The third-order valence-corrected chi connectivity index (χ3v) is 2.90. The van der Waals surface area contributed by atoms with E-state index in [9.17, 15) is 0 Å². The van der Waals surface area contributed by atoms with Gasteiger partial charge in [0.05, 0.1) is 4.32 Å². The molecule has 1 aromatic carbocycles. The Kier molecular flexibility index (Phi) is 3.17. The van der Waals surface area contributed by atoms with Gasteiger partial charge in [-0.3, -0.25) is 0 Å². The van der Waals surface area contributed by atoms with E-state index in [0.717, 1.165) is 10.0 Å². The van der Waals surface area contributed by atoms with Crippen LogP contribution in [0, 0.1) is 0 Å². The van der Waals surface area contributed by atoms with Crippen LogP contribution in [0.4, 0.5) is 0 Å². The third-order valence-electron chi connectivity index (χ3n) is 2.04. The lowest BCUT2D eigenvalue weighted by molar-refractivity contribution is 0.357. The van der Waals surface area contributed by atoms with E-state index in [2.05, 4.69) is 42.0 Å². The Hall–Kier alpha value is -0.680. The van der Waals surface area contributed by atoms with Crippen LogP contribution in [0.25, 0.3) is 11.4 Å². The van der Waals surface area contributed by atoms with Gasteiger partial charge in [-0.15, -0.1) is 0 Å². The molecule has 84 valence electrons. The lowest BCUT2D eigenvalue weighted by atomic mass is 10.2. The fourth-order valence-electron chi connectivity index (χ4n) is 1.18. The monoisotopic (exact) mass is 344 g/mol. The van der Waals surface area contributed by atoms with Crippen LogP contribution in [0.2, 0.25) is 0 Å². The number of hydrogen-bond donors (Lipinski definition) is 0. The number of alkyl halides is 1. The fourth-order valence-corrected chi connectivity index (χ4v) is 1.61. The Bertz CT molecular complexity index is 485. The van der Waals surface area contributed by atoms with Crippen LogP contribution in [0.15, 0.2) is 33.3 Å². The number of rotatable bonds is 2. The van der Waals surface area contributed by atoms with Crippen molar-refractivity contribution in [3.8, 4) is 11.4 Å². The minimum Gasteiger partial charge on any atom is -0.337 e. The van der Waals surface area contributed by atoms with Gasteiger partial charge in [0.15, 0.2) is 0 Å². The first-order valence-corrected chi connectivity index (χ1v) is 6.34. The average molecular weight is 346 g/mol. The molecule has 0 N–H and O–H groups in total. The minimum absolute atomic E-state index is 0.298. The highest BCUT2D eigenvalue weighted by Gasteiger charge is 2.24. The SMILES string of the molecule is CC(C)(Br)c1nc(-c2ccc(Br)cc2)no1. The molecule has 0 fully saturated rings. The van der Waals surface area contributed by atoms with Gasteiger partial charge in [-0.1, -0.05) is 37.0 Å². The predicted octanol–water partition coefficient (Wildman–Crippen LogP) is 4.13. The van der Waals surface area contributed by atoms with Crippen LogP contribution >= 0.6 is 31.9 Å². The van der Waals surface area contributed by atoms with Crippen molar-refractivity contribution < 1.29 is 4.52 Å². The Morgan fingerprint density at radius 3 is 2.31 bits per heavy atom. The molecule has 0 spiro atoms. The number of aromatic nitrogens is 2. The molecule has 0 aliphatic heterocycles. The van der Waals surface area contributed by atoms with Crippen LogP contribution in [0.1, 0.15) is 19.7 Å². The highest BCUT2D eigenvalue weighted by molar-refractivity contribution is 9.10. The highest BCUT2D eigenvalue weighted by Crippen LogP contribution is 2.30. The molecule has 0 amide bonds. The molecule has 0 aliphatic rings. The van der Waals surface area contributed by atoms with E-state index < -0.39 is 0 Å². The summed E-state index contributed by atoms with van der Waals surface area (Å²) in [7, 11) is 0. The maximum atomic E-state index is 5.19. The fraction of sp³-hybridized carbons (Fsp3) is 0.273. The van der Waals surface area contributed by atoms with Gasteiger partial charge >= 0.3 is 0 Å². The number of hydrogen-bond acceptors (Lipinski definition) is 3. The van der Waals surface area contributed by atoms with E-state index in [-0.39, 0.29) is 4.32 Å². The molecule has 0 aliphatic carbocycles. The normalized spacial score (nSPS) is 11.8. The van der Waals surface area contributed by atoms with Crippen LogP contribution in [0.3, 0.4) is 0 Å². The summed E-state index contributed by atoms with van der Waals surface area (Å²) in [6.45, 7) is 3.93. The second kappa shape index (κ2) is 4.30. The van der Waals surface area contributed by atoms with Gasteiger partial charge in [-0.2, -0.15) is 4.98 Å². The van der Waals surface area contributed by atoms with E-state index in [0.29, 0.717) is 11.7 Å². The first kappa shape index (κ1) is 11.8. The molecule has 0 bridgehead atoms. The zero-order valence-corrected chi connectivity index (χ0v) is 12.0. The van der Waals surface area contributed by atoms with E-state index in [4.69, 9.17) is 4.52 Å². The van der Waals surface area contributed by atoms with Gasteiger partial charge in [0.2, 0.25) is 11.7 Å². The molecule has 1 heterocycles. The maximum absolute atomic E-state index is 5.19. The molecule has 3 nitrogen and oxygen atoms in total. The summed E-state index contributed by atoms with van der Waals surface area (Å²) in [5.41, 5.74) is 0.940. The zero-order valence-electron chi connectivity index (χ0n) is 8.87. The summed E-state index contributed by atoms with van der Waals surface area (Å²) in [5, 5.41) is 3.95. The van der Waals surface area contributed by atoms with Crippen molar-refractivity contribution in [2.45, 2.75) is 18.2 Å². The molecule has 16 heavy (non-hydrogen) atoms. The van der Waals surface area contributed by atoms with Gasteiger partial charge in [-0.25, -0.2) is 0 Å². The van der Waals surface area contributed by atoms with Crippen LogP contribution < -0.4 is 0 Å². The molecule has 0 unspecified atom stereocenters. The smallest absolute Gasteiger partial charge is 0.243 e. The summed E-state index contributed by atoms with van der Waals surface area (Å²) in [6.07, 6.45) is 0. The van der Waals surface area contributed by atoms with Crippen LogP contribution in [-0.2, 0) is 4.32 Å². The molecule has 0 saturated carbocycles. The summed E-state index contributed by atoms with van der Waals surface area (Å²) in [4.78, 5) is 4.34. The predicted molar refractivity (Wildman–Crippen MR) is 69.4 cm³/mol. The summed E-state index contributed by atoms with van der Waals surface area (Å²) in [6, 6.07) is 7.79. The topological polar surface area (TPSA) is 38.9 Å². The number of halogens is 2. The van der Waals surface area contributed by atoms with Gasteiger partial charge in [0.1, 0.15) is 0 Å². The average Bonchev–Trinajstić information content (AvgIpc) is 2.67. The highest BCUT2D eigenvalue weighted by atomic mass is 79.9. The van der Waals surface area contributed by atoms with E-state index in [1.807, 2.05) is 38.1 Å². The number of nitrogens with zero attached hydrogens (tertiary/aromatic N) is 2. The lowest BCUT2D eigenvalue weighted by Crippen LogP contribution is -2.06. The van der Waals surface area contributed by atoms with Crippen molar-refractivity contribution in [2.75, 3.05) is 0 Å². The molecule has 2 rings (SSSR count). The molecule has 0 atom stereocenters. The number of benzene rings is 1. The molecular formula is C11H10Br2N2O. The Balaban J connectivity index is 2.35. The zero-order chi connectivity index (χ0) is 11.8. The van der Waals surface area contributed by atoms with Gasteiger partial charge in [0.25, 0.3) is 0 Å². The van der Waals surface area contributed by atoms with Crippen LogP contribution in [0.5, 0.6) is 0 Å². The Morgan fingerprint density at radius 1 is 1.19 bits per heavy atom. The van der Waals surface area contributed by atoms with Crippen molar-refractivity contribution in [2.24, 2.45) is 0 Å². The second-order valence-corrected chi connectivity index (χ2v) is 6.80. The second-order valence-electron chi connectivity index (χ2n) is 3.90. The molecular weight excluding hydrogens is 336 g/mol. The largest absolute Gasteiger partial charge is 0.337 e. The quantitative estimate of drug-likeness (QED) is 0.768. The molecule has 1 aromatic heterocycles. The molecule has 2 aromatic rings. The van der Waals surface area contributed by atoms with Crippen LogP contribution in [-0.4, -0.2) is 10.1 Å². The van der Waals surface area contributed by atoms with E-state index >= 15 is 0 Å². The Labute approximate surface area is 111 Å². The first-order valence-electron chi connectivity index (χ1n) is 4.76. The molecule has 0 radical (unpaired) electrons. The minimum atomic E-state index is -0.298. The van der Waals surface area contributed by atoms with E-state index in [1.54, 1.807) is 0 Å². The standard InChI is InChI=1S/C11H10Br2N2O/c1-11(2,13)10-14-9(15-16-10)7-3-5-8(12)6-4-7/h3-6H,1-2H3. The van der Waals surface area contributed by atoms with Crippen molar-refractivity contribution >= 4 is 31.9 Å². The van der Waals surface area contributed by atoms with Crippen molar-refractivity contribution in [1.82, 2.24) is 10.1 Å². The van der Waals surface area contributed by atoms with Gasteiger partial charge < -0.3 is 4.52 Å². The van der Waals surface area contributed by atoms with Gasteiger partial charge in [0, 0.05) is 10.0 Å². The molecule has 0 saturated heterocycles. The van der Waals surface area contributed by atoms with E-state index in [1.165, 1.54) is 0 Å².